The van der Waals surface area contributed by atoms with Gasteiger partial charge in [-0.3, -0.25) is 4.79 Å². The molecule has 1 fully saturated rings. The fourth-order valence-electron chi connectivity index (χ4n) is 3.03. The number of likely N-dealkylation sites (tertiary alicyclic amines) is 1. The topological polar surface area (TPSA) is 72.9 Å². The third kappa shape index (κ3) is 6.22. The number of likely N-dealkylation sites (N-methyl/N-ethyl adjacent to an activating group) is 1. The summed E-state index contributed by atoms with van der Waals surface area (Å²) in [6.45, 7) is 8.92. The van der Waals surface area contributed by atoms with Crippen molar-refractivity contribution in [3.8, 4) is 0 Å². The molecule has 1 saturated heterocycles. The number of carbonyl (C=O) groups is 2. The molecule has 0 radical (unpaired) electrons. The molecule has 0 saturated carbocycles. The van der Waals surface area contributed by atoms with E-state index in [4.69, 9.17) is 0 Å². The lowest BCUT2D eigenvalue weighted by molar-refractivity contribution is -0.143. The summed E-state index contributed by atoms with van der Waals surface area (Å²) < 4.78 is 0. The Kier molecular flexibility index (Phi) is 7.65. The molecule has 0 spiro atoms. The number of carbonyl (C=O) groups excluding carboxylic acids is 1. The molecule has 22 heavy (non-hydrogen) atoms. The zero-order chi connectivity index (χ0) is 16.7. The van der Waals surface area contributed by atoms with Crippen LogP contribution in [0.5, 0.6) is 0 Å². The summed E-state index contributed by atoms with van der Waals surface area (Å²) in [6.07, 6.45) is 2.96. The van der Waals surface area contributed by atoms with Gasteiger partial charge in [0.15, 0.2) is 0 Å². The van der Waals surface area contributed by atoms with E-state index in [9.17, 15) is 14.7 Å². The van der Waals surface area contributed by atoms with Crippen LogP contribution in [0.2, 0.25) is 0 Å². The molecule has 6 heteroatoms. The molecular weight excluding hydrogens is 282 g/mol. The summed E-state index contributed by atoms with van der Waals surface area (Å²) in [5.74, 6) is -1.03. The summed E-state index contributed by atoms with van der Waals surface area (Å²) in [5.41, 5.74) is 0. The Morgan fingerprint density at radius 1 is 1.41 bits per heavy atom. The van der Waals surface area contributed by atoms with Gasteiger partial charge in [0, 0.05) is 25.7 Å². The number of hydrogen-bond acceptors (Lipinski definition) is 3. The van der Waals surface area contributed by atoms with E-state index < -0.39 is 11.9 Å². The Balaban J connectivity index is 2.44. The largest absolute Gasteiger partial charge is 0.481 e. The number of amides is 2. The van der Waals surface area contributed by atoms with Gasteiger partial charge in [-0.05, 0) is 39.3 Å². The van der Waals surface area contributed by atoms with Crippen molar-refractivity contribution < 1.29 is 14.7 Å². The molecule has 0 bridgehead atoms. The van der Waals surface area contributed by atoms with Gasteiger partial charge in [-0.1, -0.05) is 20.3 Å². The molecule has 2 amide bonds. The molecule has 0 aliphatic carbocycles. The van der Waals surface area contributed by atoms with Gasteiger partial charge in [-0.15, -0.1) is 0 Å². The molecule has 2 N–H and O–H groups in total. The maximum Gasteiger partial charge on any atom is 0.317 e. The highest BCUT2D eigenvalue weighted by Gasteiger charge is 2.32. The number of aliphatic carboxylic acids is 1. The summed E-state index contributed by atoms with van der Waals surface area (Å²) in [4.78, 5) is 27.4. The lowest BCUT2D eigenvalue weighted by atomic mass is 9.91. The van der Waals surface area contributed by atoms with Crippen LogP contribution in [-0.4, -0.2) is 66.2 Å². The summed E-state index contributed by atoms with van der Waals surface area (Å²) in [6, 6.07) is -0.0935. The van der Waals surface area contributed by atoms with Crippen LogP contribution in [0.25, 0.3) is 0 Å². The number of carboxylic acid groups (broad SMARTS) is 1. The smallest absolute Gasteiger partial charge is 0.317 e. The Labute approximate surface area is 133 Å². The van der Waals surface area contributed by atoms with Gasteiger partial charge in [0.1, 0.15) is 0 Å². The highest BCUT2D eigenvalue weighted by Crippen LogP contribution is 2.21. The molecular formula is C16H31N3O3. The van der Waals surface area contributed by atoms with Crippen molar-refractivity contribution in [1.82, 2.24) is 15.1 Å². The van der Waals surface area contributed by atoms with Crippen molar-refractivity contribution in [3.63, 3.8) is 0 Å². The van der Waals surface area contributed by atoms with Crippen molar-refractivity contribution in [3.05, 3.63) is 0 Å². The second kappa shape index (κ2) is 8.98. The quantitative estimate of drug-likeness (QED) is 0.752. The van der Waals surface area contributed by atoms with Crippen molar-refractivity contribution in [1.29, 1.82) is 0 Å². The number of carboxylic acids is 1. The van der Waals surface area contributed by atoms with E-state index in [0.717, 1.165) is 25.9 Å². The zero-order valence-corrected chi connectivity index (χ0v) is 14.3. The van der Waals surface area contributed by atoms with Crippen LogP contribution in [0.3, 0.4) is 0 Å². The lowest BCUT2D eigenvalue weighted by Gasteiger charge is -2.35. The predicted molar refractivity (Wildman–Crippen MR) is 86.9 cm³/mol. The van der Waals surface area contributed by atoms with Crippen molar-refractivity contribution in [2.75, 3.05) is 33.2 Å². The van der Waals surface area contributed by atoms with Gasteiger partial charge in [0.2, 0.25) is 0 Å². The van der Waals surface area contributed by atoms with Gasteiger partial charge in [0.05, 0.1) is 5.92 Å². The number of nitrogens with one attached hydrogen (secondary N) is 1. The van der Waals surface area contributed by atoms with Gasteiger partial charge >= 0.3 is 12.0 Å². The Morgan fingerprint density at radius 3 is 2.68 bits per heavy atom. The molecule has 0 aromatic rings. The van der Waals surface area contributed by atoms with E-state index >= 15 is 0 Å². The minimum absolute atomic E-state index is 0.0508. The van der Waals surface area contributed by atoms with E-state index in [0.29, 0.717) is 19.5 Å². The van der Waals surface area contributed by atoms with E-state index in [1.165, 1.54) is 0 Å². The first-order chi connectivity index (χ1) is 10.3. The van der Waals surface area contributed by atoms with Crippen LogP contribution in [0, 0.1) is 11.8 Å². The number of nitrogens with zero attached hydrogens (tertiary/aromatic N) is 2. The number of piperidine rings is 1. The minimum Gasteiger partial charge on any atom is -0.481 e. The van der Waals surface area contributed by atoms with Gasteiger partial charge in [-0.25, -0.2) is 4.79 Å². The van der Waals surface area contributed by atoms with E-state index in [2.05, 4.69) is 24.2 Å². The van der Waals surface area contributed by atoms with Crippen LogP contribution in [0.15, 0.2) is 0 Å². The first-order valence-electron chi connectivity index (χ1n) is 8.30. The Bertz CT molecular complexity index is 376. The van der Waals surface area contributed by atoms with E-state index in [1.54, 1.807) is 4.90 Å². The Morgan fingerprint density at radius 2 is 2.09 bits per heavy atom. The summed E-state index contributed by atoms with van der Waals surface area (Å²) in [7, 11) is 2.06. The normalized spacial score (nSPS) is 23.4. The average molecular weight is 313 g/mol. The van der Waals surface area contributed by atoms with Crippen LogP contribution in [0.4, 0.5) is 4.79 Å². The Hall–Kier alpha value is -1.30. The molecule has 3 atom stereocenters. The molecule has 1 heterocycles. The van der Waals surface area contributed by atoms with E-state index in [1.807, 2.05) is 13.8 Å². The van der Waals surface area contributed by atoms with E-state index in [-0.39, 0.29) is 18.0 Å². The highest BCUT2D eigenvalue weighted by molar-refractivity contribution is 5.76. The van der Waals surface area contributed by atoms with Crippen molar-refractivity contribution >= 4 is 12.0 Å². The summed E-state index contributed by atoms with van der Waals surface area (Å²) >= 11 is 0. The standard InChI is InChI=1S/C16H31N3O3/c1-5-6-7-18(4)10-13(3)17-16(22)19-9-12(2)8-14(11-19)15(20)21/h12-14H,5-11H2,1-4H3,(H,17,22)(H,20,21)/t12?,13-,14?/m0/s1. The molecule has 1 rings (SSSR count). The van der Waals surface area contributed by atoms with Gasteiger partial charge in [0.25, 0.3) is 0 Å². The zero-order valence-electron chi connectivity index (χ0n) is 14.3. The second-order valence-electron chi connectivity index (χ2n) is 6.75. The molecule has 1 aliphatic heterocycles. The molecule has 6 nitrogen and oxygen atoms in total. The number of hydrogen-bond donors (Lipinski definition) is 2. The predicted octanol–water partition coefficient (Wildman–Crippen LogP) is 1.86. The van der Waals surface area contributed by atoms with Crippen molar-refractivity contribution in [2.45, 2.75) is 46.1 Å². The maximum absolute atomic E-state index is 12.3. The number of urea groups is 1. The number of unbranched alkanes of at least 4 members (excludes halogenated alkanes) is 1. The molecule has 1 aliphatic rings. The van der Waals surface area contributed by atoms with Crippen LogP contribution < -0.4 is 5.32 Å². The lowest BCUT2D eigenvalue weighted by Crippen LogP contribution is -2.52. The van der Waals surface area contributed by atoms with Crippen LogP contribution >= 0.6 is 0 Å². The van der Waals surface area contributed by atoms with Gasteiger partial charge < -0.3 is 20.2 Å². The SMILES string of the molecule is CCCCN(C)C[C@H](C)NC(=O)N1CC(C)CC(C(=O)O)C1. The summed E-state index contributed by atoms with van der Waals surface area (Å²) in [5, 5.41) is 12.2. The first-order valence-corrected chi connectivity index (χ1v) is 8.30. The molecule has 2 unspecified atom stereocenters. The fourth-order valence-corrected chi connectivity index (χ4v) is 3.03. The molecule has 128 valence electrons. The third-order valence-electron chi connectivity index (χ3n) is 4.14. The third-order valence-corrected chi connectivity index (χ3v) is 4.14. The maximum atomic E-state index is 12.3. The minimum atomic E-state index is -0.809. The van der Waals surface area contributed by atoms with Crippen LogP contribution in [-0.2, 0) is 4.79 Å². The van der Waals surface area contributed by atoms with Crippen LogP contribution in [0.1, 0.15) is 40.0 Å². The average Bonchev–Trinajstić information content (AvgIpc) is 2.44. The highest BCUT2D eigenvalue weighted by atomic mass is 16.4. The molecule has 0 aromatic heterocycles. The second-order valence-corrected chi connectivity index (χ2v) is 6.75. The van der Waals surface area contributed by atoms with Crippen molar-refractivity contribution in [2.24, 2.45) is 11.8 Å². The fraction of sp³-hybridized carbons (Fsp3) is 0.875. The number of rotatable bonds is 7. The molecule has 0 aromatic carbocycles. The monoisotopic (exact) mass is 313 g/mol. The van der Waals surface area contributed by atoms with Gasteiger partial charge in [-0.2, -0.15) is 0 Å². The first kappa shape index (κ1) is 18.7.